The number of aliphatic hydroxyl groups is 1. The fraction of sp³-hybridized carbons (Fsp3) is 0.562. The highest BCUT2D eigenvalue weighted by molar-refractivity contribution is 7.12. The van der Waals surface area contributed by atoms with Crippen LogP contribution >= 0.6 is 11.3 Å². The minimum atomic E-state index is -0.111. The van der Waals surface area contributed by atoms with Crippen LogP contribution in [0.3, 0.4) is 0 Å². The van der Waals surface area contributed by atoms with Gasteiger partial charge < -0.3 is 9.84 Å². The molecule has 0 aliphatic carbocycles. The largest absolute Gasteiger partial charge is 0.466 e. The summed E-state index contributed by atoms with van der Waals surface area (Å²) in [4.78, 5) is 16.3. The lowest BCUT2D eigenvalue weighted by atomic mass is 9.98. The summed E-state index contributed by atoms with van der Waals surface area (Å²) in [6.07, 6.45) is 1.96. The van der Waals surface area contributed by atoms with Gasteiger partial charge in [-0.15, -0.1) is 11.3 Å². The van der Waals surface area contributed by atoms with Gasteiger partial charge in [0, 0.05) is 18.0 Å². The first-order chi connectivity index (χ1) is 10.2. The number of likely N-dealkylation sites (tertiary alicyclic amines) is 1. The molecule has 114 valence electrons. The van der Waals surface area contributed by atoms with Crippen LogP contribution in [0.1, 0.15) is 29.5 Å². The lowest BCUT2D eigenvalue weighted by Crippen LogP contribution is -2.38. The van der Waals surface area contributed by atoms with Crippen molar-refractivity contribution in [2.45, 2.75) is 26.3 Å². The molecule has 1 aromatic heterocycles. The summed E-state index contributed by atoms with van der Waals surface area (Å²) in [6.45, 7) is 4.83. The first-order valence-electron chi connectivity index (χ1n) is 7.30. The first kappa shape index (κ1) is 16.0. The fourth-order valence-electron chi connectivity index (χ4n) is 2.53. The minimum absolute atomic E-state index is 0.00677. The molecule has 2 heterocycles. The van der Waals surface area contributed by atoms with E-state index in [1.54, 1.807) is 11.3 Å². The number of rotatable bonds is 4. The average Bonchev–Trinajstić information content (AvgIpc) is 2.93. The molecule has 1 unspecified atom stereocenters. The van der Waals surface area contributed by atoms with Crippen molar-refractivity contribution in [3.05, 3.63) is 21.9 Å². The van der Waals surface area contributed by atoms with E-state index in [0.29, 0.717) is 6.61 Å². The number of aliphatic hydroxyl groups excluding tert-OH is 1. The average molecular weight is 307 g/mol. The molecule has 2 rings (SSSR count). The smallest absolute Gasteiger partial charge is 0.310 e. The highest BCUT2D eigenvalue weighted by Crippen LogP contribution is 2.23. The normalized spacial score (nSPS) is 18.9. The molecular formula is C16H21NO3S. The molecule has 1 saturated heterocycles. The molecule has 1 N–H and O–H groups in total. The lowest BCUT2D eigenvalue weighted by molar-refractivity contribution is -0.150. The van der Waals surface area contributed by atoms with Gasteiger partial charge in [0.25, 0.3) is 0 Å². The Balaban J connectivity index is 1.90. The van der Waals surface area contributed by atoms with E-state index in [1.165, 1.54) is 4.88 Å². The van der Waals surface area contributed by atoms with Gasteiger partial charge in [0.2, 0.25) is 0 Å². The number of thiophene rings is 1. The Bertz CT molecular complexity index is 529. The minimum Gasteiger partial charge on any atom is -0.466 e. The summed E-state index contributed by atoms with van der Waals surface area (Å²) in [5.41, 5.74) is 0. The van der Waals surface area contributed by atoms with Crippen LogP contribution in [0.5, 0.6) is 0 Å². The van der Waals surface area contributed by atoms with Crippen molar-refractivity contribution in [2.75, 3.05) is 26.3 Å². The molecule has 5 heteroatoms. The predicted octanol–water partition coefficient (Wildman–Crippen LogP) is 1.87. The van der Waals surface area contributed by atoms with Gasteiger partial charge in [-0.25, -0.2) is 0 Å². The molecule has 0 radical (unpaired) electrons. The van der Waals surface area contributed by atoms with E-state index in [9.17, 15) is 4.79 Å². The molecule has 4 nitrogen and oxygen atoms in total. The van der Waals surface area contributed by atoms with Gasteiger partial charge in [0.1, 0.15) is 6.61 Å². The van der Waals surface area contributed by atoms with Gasteiger partial charge in [-0.05, 0) is 38.4 Å². The highest BCUT2D eigenvalue weighted by Gasteiger charge is 2.26. The molecule has 1 aliphatic heterocycles. The Morgan fingerprint density at radius 1 is 1.57 bits per heavy atom. The van der Waals surface area contributed by atoms with Crippen LogP contribution in [0, 0.1) is 17.8 Å². The van der Waals surface area contributed by atoms with E-state index >= 15 is 0 Å². The number of hydrogen-bond acceptors (Lipinski definition) is 5. The van der Waals surface area contributed by atoms with E-state index in [4.69, 9.17) is 9.84 Å². The molecule has 1 fully saturated rings. The SMILES string of the molecule is CCOC(=O)C1CCCN(Cc2ccc(C#CCO)s2)C1. The van der Waals surface area contributed by atoms with Crippen LogP contribution in [0.15, 0.2) is 12.1 Å². The van der Waals surface area contributed by atoms with Crippen LogP contribution in [-0.4, -0.2) is 42.3 Å². The fourth-order valence-corrected chi connectivity index (χ4v) is 3.45. The molecule has 0 spiro atoms. The van der Waals surface area contributed by atoms with Crippen molar-refractivity contribution in [3.63, 3.8) is 0 Å². The maximum atomic E-state index is 11.8. The quantitative estimate of drug-likeness (QED) is 0.681. The number of carbonyl (C=O) groups excluding carboxylic acids is 1. The third kappa shape index (κ3) is 4.85. The Morgan fingerprint density at radius 3 is 3.19 bits per heavy atom. The number of esters is 1. The van der Waals surface area contributed by atoms with Crippen molar-refractivity contribution in [3.8, 4) is 11.8 Å². The topological polar surface area (TPSA) is 49.8 Å². The highest BCUT2D eigenvalue weighted by atomic mass is 32.1. The van der Waals surface area contributed by atoms with Crippen LogP contribution in [0.25, 0.3) is 0 Å². The number of carbonyl (C=O) groups is 1. The third-order valence-corrected chi connectivity index (χ3v) is 4.44. The Labute approximate surface area is 129 Å². The Hall–Kier alpha value is -1.35. The Kier molecular flexibility index (Phi) is 6.24. The number of hydrogen-bond donors (Lipinski definition) is 1. The van der Waals surface area contributed by atoms with Gasteiger partial charge in [-0.1, -0.05) is 11.8 Å². The van der Waals surface area contributed by atoms with E-state index in [2.05, 4.69) is 22.8 Å². The number of ether oxygens (including phenoxy) is 1. The van der Waals surface area contributed by atoms with Crippen molar-refractivity contribution in [1.29, 1.82) is 0 Å². The van der Waals surface area contributed by atoms with Crippen LogP contribution in [0.4, 0.5) is 0 Å². The van der Waals surface area contributed by atoms with Crippen LogP contribution in [0.2, 0.25) is 0 Å². The van der Waals surface area contributed by atoms with Gasteiger partial charge in [0.15, 0.2) is 0 Å². The summed E-state index contributed by atoms with van der Waals surface area (Å²) in [6, 6.07) is 4.05. The van der Waals surface area contributed by atoms with Gasteiger partial charge in [-0.3, -0.25) is 9.69 Å². The molecule has 0 bridgehead atoms. The van der Waals surface area contributed by atoms with E-state index in [-0.39, 0.29) is 18.5 Å². The van der Waals surface area contributed by atoms with Gasteiger partial charge in [0.05, 0.1) is 17.4 Å². The van der Waals surface area contributed by atoms with E-state index in [1.807, 2.05) is 13.0 Å². The summed E-state index contributed by atoms with van der Waals surface area (Å²) in [5.74, 6) is 5.52. The number of nitrogens with zero attached hydrogens (tertiary/aromatic N) is 1. The monoisotopic (exact) mass is 307 g/mol. The summed E-state index contributed by atoms with van der Waals surface area (Å²) < 4.78 is 5.12. The second-order valence-corrected chi connectivity index (χ2v) is 6.22. The second kappa shape index (κ2) is 8.18. The third-order valence-electron chi connectivity index (χ3n) is 3.46. The van der Waals surface area contributed by atoms with Crippen molar-refractivity contribution >= 4 is 17.3 Å². The zero-order valence-corrected chi connectivity index (χ0v) is 13.1. The zero-order chi connectivity index (χ0) is 15.1. The van der Waals surface area contributed by atoms with Crippen LogP contribution in [-0.2, 0) is 16.1 Å². The molecule has 0 saturated carbocycles. The molecule has 0 amide bonds. The molecule has 1 atom stereocenters. The van der Waals surface area contributed by atoms with E-state index in [0.717, 1.165) is 37.4 Å². The number of piperidine rings is 1. The van der Waals surface area contributed by atoms with Gasteiger partial charge in [-0.2, -0.15) is 0 Å². The first-order valence-corrected chi connectivity index (χ1v) is 8.12. The Morgan fingerprint density at radius 2 is 2.43 bits per heavy atom. The molecule has 21 heavy (non-hydrogen) atoms. The van der Waals surface area contributed by atoms with Crippen molar-refractivity contribution < 1.29 is 14.6 Å². The summed E-state index contributed by atoms with van der Waals surface area (Å²) >= 11 is 1.64. The molecule has 1 aliphatic rings. The van der Waals surface area contributed by atoms with Crippen LogP contribution < -0.4 is 0 Å². The van der Waals surface area contributed by atoms with Gasteiger partial charge >= 0.3 is 5.97 Å². The zero-order valence-electron chi connectivity index (χ0n) is 12.3. The molecule has 0 aromatic carbocycles. The van der Waals surface area contributed by atoms with Crippen molar-refractivity contribution in [1.82, 2.24) is 4.90 Å². The second-order valence-electron chi connectivity index (χ2n) is 5.05. The summed E-state index contributed by atoms with van der Waals surface area (Å²) in [7, 11) is 0. The predicted molar refractivity (Wildman–Crippen MR) is 82.9 cm³/mol. The lowest BCUT2D eigenvalue weighted by Gasteiger charge is -2.31. The molecule has 1 aromatic rings. The standard InChI is InChI=1S/C16H21NO3S/c1-2-20-16(19)13-5-3-9-17(11-13)12-15-8-7-14(21-15)6-4-10-18/h7-8,13,18H,2-3,5,9-12H2,1H3. The maximum Gasteiger partial charge on any atom is 0.310 e. The van der Waals surface area contributed by atoms with E-state index < -0.39 is 0 Å². The summed E-state index contributed by atoms with van der Waals surface area (Å²) in [5, 5.41) is 8.70. The van der Waals surface area contributed by atoms with Crippen molar-refractivity contribution in [2.24, 2.45) is 5.92 Å². The molecular weight excluding hydrogens is 286 g/mol. The maximum absolute atomic E-state index is 11.8.